The summed E-state index contributed by atoms with van der Waals surface area (Å²) in [6.07, 6.45) is 0. The van der Waals surface area contributed by atoms with E-state index in [1.807, 2.05) is 36.4 Å². The van der Waals surface area contributed by atoms with Crippen LogP contribution in [0, 0.1) is 0 Å². The molecule has 14 aromatic rings. The molecular weight excluding hydrogens is 785 g/mol. The molecule has 0 unspecified atom stereocenters. The maximum atomic E-state index is 6.39. The van der Waals surface area contributed by atoms with Crippen molar-refractivity contribution in [3.05, 3.63) is 194 Å². The van der Waals surface area contributed by atoms with Gasteiger partial charge in [-0.15, -0.1) is 0 Å². The van der Waals surface area contributed by atoms with E-state index in [1.54, 1.807) is 0 Å². The third-order valence-electron chi connectivity index (χ3n) is 12.8. The number of hydrogen-bond acceptors (Lipinski definition) is 6. The Bertz CT molecular complexity index is 4000. The molecule has 0 bridgehead atoms. The maximum Gasteiger partial charge on any atom is 0.144 e. The van der Waals surface area contributed by atoms with E-state index >= 15 is 0 Å². The first kappa shape index (κ1) is 34.9. The minimum Gasteiger partial charge on any atom is -0.455 e. The Morgan fingerprint density at radius 1 is 0.266 bits per heavy atom. The second-order valence-electron chi connectivity index (χ2n) is 16.5. The molecule has 6 heterocycles. The summed E-state index contributed by atoms with van der Waals surface area (Å²) in [6.45, 7) is 0. The van der Waals surface area contributed by atoms with Gasteiger partial charge in [-0.1, -0.05) is 133 Å². The number of hydrogen-bond donors (Lipinski definition) is 0. The fraction of sp³-hybridized carbons (Fsp3) is 0. The Hall–Kier alpha value is -8.74. The average Bonchev–Trinajstić information content (AvgIpc) is 3.94. The van der Waals surface area contributed by atoms with Gasteiger partial charge in [0.25, 0.3) is 0 Å². The second-order valence-corrected chi connectivity index (χ2v) is 16.5. The lowest BCUT2D eigenvalue weighted by molar-refractivity contribution is 0.669. The van der Waals surface area contributed by atoms with Crippen LogP contribution in [-0.2, 0) is 0 Å². The Morgan fingerprint density at radius 3 is 1.05 bits per heavy atom. The van der Waals surface area contributed by atoms with Crippen molar-refractivity contribution in [1.82, 2.24) is 19.9 Å². The molecule has 0 saturated heterocycles. The van der Waals surface area contributed by atoms with E-state index in [2.05, 4.69) is 158 Å². The van der Waals surface area contributed by atoms with Gasteiger partial charge in [-0.3, -0.25) is 0 Å². The lowest BCUT2D eigenvalue weighted by Gasteiger charge is -2.10. The molecule has 0 saturated carbocycles. The SMILES string of the molecule is c1ccc2c(c1)oc1c(-c3ccc4ccc5ccc(-c6ccc7cc(-c8ccc9ccc%10ccc(-c%11cccc%12c%11oc%11ccccc%11%12)nc%10c9n8)ccc7c6)nc5c4n3)cccc12. The summed E-state index contributed by atoms with van der Waals surface area (Å²) >= 11 is 0. The maximum absolute atomic E-state index is 6.39. The van der Waals surface area contributed by atoms with Gasteiger partial charge < -0.3 is 8.83 Å². The Kier molecular flexibility index (Phi) is 7.30. The molecule has 0 atom stereocenters. The van der Waals surface area contributed by atoms with E-state index < -0.39 is 0 Å². The lowest BCUT2D eigenvalue weighted by atomic mass is 10.00. The normalized spacial score (nSPS) is 12.1. The number of fused-ring (bicyclic) bond motifs is 13. The lowest BCUT2D eigenvalue weighted by Crippen LogP contribution is -1.92. The summed E-state index contributed by atoms with van der Waals surface area (Å²) in [4.78, 5) is 21.1. The van der Waals surface area contributed by atoms with E-state index in [0.717, 1.165) is 143 Å². The van der Waals surface area contributed by atoms with Crippen molar-refractivity contribution >= 4 is 98.3 Å². The van der Waals surface area contributed by atoms with Gasteiger partial charge in [0.05, 0.1) is 44.8 Å². The number of furan rings is 2. The standard InChI is InChI=1S/C58H32N4O2/c1-3-13-51-41(7-1)43-9-5-11-45(57(43)63-51)49-29-25-35-17-15-33-23-27-47(59-53(33)55(35)61-49)39-21-19-38-32-40(22-20-37(38)31-39)48-28-24-34-16-18-36-26-30-50(62-56(36)54(34)60-48)46-12-6-10-44-42-8-2-4-14-52(42)64-58(44)46/h1-32H. The number of nitrogens with zero attached hydrogens (tertiary/aromatic N) is 4. The molecule has 0 spiro atoms. The first-order chi connectivity index (χ1) is 31.7. The van der Waals surface area contributed by atoms with Gasteiger partial charge in [0, 0.05) is 65.3 Å². The summed E-state index contributed by atoms with van der Waals surface area (Å²) in [7, 11) is 0. The third-order valence-corrected chi connectivity index (χ3v) is 12.8. The first-order valence-corrected chi connectivity index (χ1v) is 21.4. The van der Waals surface area contributed by atoms with Crippen LogP contribution >= 0.6 is 0 Å². The molecule has 6 nitrogen and oxygen atoms in total. The predicted molar refractivity (Wildman–Crippen MR) is 261 cm³/mol. The highest BCUT2D eigenvalue weighted by Crippen LogP contribution is 2.39. The van der Waals surface area contributed by atoms with Gasteiger partial charge in [-0.2, -0.15) is 0 Å². The highest BCUT2D eigenvalue weighted by atomic mass is 16.3. The first-order valence-electron chi connectivity index (χ1n) is 21.4. The minimum atomic E-state index is 0.841. The molecule has 8 aromatic carbocycles. The number of rotatable bonds is 4. The van der Waals surface area contributed by atoms with E-state index in [-0.39, 0.29) is 0 Å². The smallest absolute Gasteiger partial charge is 0.144 e. The van der Waals surface area contributed by atoms with Crippen molar-refractivity contribution in [2.24, 2.45) is 0 Å². The molecule has 64 heavy (non-hydrogen) atoms. The summed E-state index contributed by atoms with van der Waals surface area (Å²) in [5.74, 6) is 0. The Morgan fingerprint density at radius 2 is 0.609 bits per heavy atom. The van der Waals surface area contributed by atoms with Gasteiger partial charge in [0.2, 0.25) is 0 Å². The Labute approximate surface area is 364 Å². The van der Waals surface area contributed by atoms with Crippen molar-refractivity contribution < 1.29 is 8.83 Å². The summed E-state index contributed by atoms with van der Waals surface area (Å²) in [5, 5.41) is 10.8. The topological polar surface area (TPSA) is 77.8 Å². The van der Waals surface area contributed by atoms with Crippen molar-refractivity contribution in [1.29, 1.82) is 0 Å². The van der Waals surface area contributed by atoms with E-state index in [9.17, 15) is 0 Å². The van der Waals surface area contributed by atoms with Crippen molar-refractivity contribution in [2.75, 3.05) is 0 Å². The Balaban J connectivity index is 0.826. The van der Waals surface area contributed by atoms with Crippen LogP contribution in [0.1, 0.15) is 0 Å². The molecule has 6 aromatic heterocycles. The van der Waals surface area contributed by atoms with Crippen LogP contribution in [0.15, 0.2) is 203 Å². The van der Waals surface area contributed by atoms with E-state index in [4.69, 9.17) is 28.8 Å². The molecule has 0 amide bonds. The summed E-state index contributed by atoms with van der Waals surface area (Å²) in [6, 6.07) is 67.4. The quantitative estimate of drug-likeness (QED) is 0.165. The monoisotopic (exact) mass is 816 g/mol. The fourth-order valence-corrected chi connectivity index (χ4v) is 9.62. The van der Waals surface area contributed by atoms with Crippen LogP contribution in [0.5, 0.6) is 0 Å². The zero-order valence-corrected chi connectivity index (χ0v) is 34.1. The van der Waals surface area contributed by atoms with Crippen LogP contribution in [0.25, 0.3) is 143 Å². The fourth-order valence-electron chi connectivity index (χ4n) is 9.62. The number of pyridine rings is 4. The highest BCUT2D eigenvalue weighted by molar-refractivity contribution is 6.12. The van der Waals surface area contributed by atoms with Crippen LogP contribution in [0.2, 0.25) is 0 Å². The summed E-state index contributed by atoms with van der Waals surface area (Å²) in [5.41, 5.74) is 14.4. The summed E-state index contributed by atoms with van der Waals surface area (Å²) < 4.78 is 12.8. The minimum absolute atomic E-state index is 0.841. The highest BCUT2D eigenvalue weighted by Gasteiger charge is 2.17. The van der Waals surface area contributed by atoms with Gasteiger partial charge >= 0.3 is 0 Å². The predicted octanol–water partition coefficient (Wildman–Crippen LogP) is 15.5. The van der Waals surface area contributed by atoms with Crippen molar-refractivity contribution in [3.63, 3.8) is 0 Å². The molecule has 0 aliphatic carbocycles. The van der Waals surface area contributed by atoms with Crippen molar-refractivity contribution in [3.8, 4) is 45.0 Å². The molecule has 0 aliphatic rings. The number of aromatic nitrogens is 4. The van der Waals surface area contributed by atoms with E-state index in [0.29, 0.717) is 0 Å². The second kappa shape index (κ2) is 13.4. The van der Waals surface area contributed by atoms with Gasteiger partial charge in [0.15, 0.2) is 0 Å². The number of para-hydroxylation sites is 4. The van der Waals surface area contributed by atoms with E-state index in [1.165, 1.54) is 0 Å². The zero-order chi connectivity index (χ0) is 41.9. The van der Waals surface area contributed by atoms with Crippen LogP contribution < -0.4 is 0 Å². The molecule has 296 valence electrons. The molecule has 0 fully saturated rings. The molecule has 14 rings (SSSR count). The third kappa shape index (κ3) is 5.33. The molecule has 0 N–H and O–H groups in total. The van der Waals surface area contributed by atoms with Crippen LogP contribution in [-0.4, -0.2) is 19.9 Å². The molecule has 6 heteroatoms. The largest absolute Gasteiger partial charge is 0.455 e. The van der Waals surface area contributed by atoms with Crippen molar-refractivity contribution in [2.45, 2.75) is 0 Å². The van der Waals surface area contributed by atoms with Crippen LogP contribution in [0.3, 0.4) is 0 Å². The average molecular weight is 817 g/mol. The number of benzene rings is 8. The molecule has 0 aliphatic heterocycles. The zero-order valence-electron chi connectivity index (χ0n) is 34.1. The van der Waals surface area contributed by atoms with Crippen LogP contribution in [0.4, 0.5) is 0 Å². The van der Waals surface area contributed by atoms with Gasteiger partial charge in [0.1, 0.15) is 22.3 Å². The molecular formula is C58H32N4O2. The van der Waals surface area contributed by atoms with Gasteiger partial charge in [-0.05, 0) is 71.4 Å². The molecule has 0 radical (unpaired) electrons. The van der Waals surface area contributed by atoms with Gasteiger partial charge in [-0.25, -0.2) is 19.9 Å².